The van der Waals surface area contributed by atoms with Crippen LogP contribution in [-0.4, -0.2) is 123 Å². The highest BCUT2D eigenvalue weighted by Crippen LogP contribution is 2.31. The van der Waals surface area contributed by atoms with Crippen LogP contribution in [0.4, 0.5) is 0 Å². The van der Waals surface area contributed by atoms with E-state index in [1.807, 2.05) is 27.7 Å². The van der Waals surface area contributed by atoms with Crippen molar-refractivity contribution in [3.63, 3.8) is 0 Å². The lowest BCUT2D eigenvalue weighted by atomic mass is 9.86. The maximum atomic E-state index is 13.8. The summed E-state index contributed by atoms with van der Waals surface area (Å²) >= 11 is 0. The first-order chi connectivity index (χ1) is 54.2. The van der Waals surface area contributed by atoms with Crippen molar-refractivity contribution < 1.29 is 47.7 Å². The maximum absolute atomic E-state index is 13.8. The second-order valence-electron chi connectivity index (χ2n) is 36.1. The van der Waals surface area contributed by atoms with Gasteiger partial charge in [0.1, 0.15) is 12.2 Å². The van der Waals surface area contributed by atoms with Crippen LogP contribution in [0.25, 0.3) is 0 Å². The van der Waals surface area contributed by atoms with Gasteiger partial charge in [0.05, 0.1) is 29.5 Å². The molecule has 14 heteroatoms. The number of hydrogen-bond acceptors (Lipinski definition) is 12. The molecule has 14 nitrogen and oxygen atoms in total. The van der Waals surface area contributed by atoms with Crippen LogP contribution in [0.2, 0.25) is 0 Å². The van der Waals surface area contributed by atoms with Crippen molar-refractivity contribution in [3.05, 3.63) is 12.2 Å². The van der Waals surface area contributed by atoms with Crippen LogP contribution in [0.5, 0.6) is 0 Å². The number of unbranched alkanes of at least 4 members (excludes halogenated alkanes) is 45. The molecule has 0 aliphatic carbocycles. The molecule has 0 fully saturated rings. The normalized spacial score (nSPS) is 12.2. The standard InChI is InChI=1S/C98H188N4O10/c1-13-19-25-31-37-39-41-52-66-86-109-93(106)96(7,8)76-60-64-82-101(80-62-50-43-48-58-72-92(105)111-88(68-54-44-33-27-21-15-3)69-55-45-34-28-22-16-4)84-78-99-90(103)73-74-91(104)100-79-85-102(83-65-61-77-97(9,10)94(107)110-87-67-53-42-40-38-32-26-20-14-2)81-63-51-49-59-75-98(11,12)95(108)112-89(70-56-46-35-29-23-17-5)71-57-47-36-30-24-18-6/h73-74,88-89H,13-72,75-87H2,1-12H3,(H,99,103)(H,100,104)/b74-73+. The molecule has 0 aromatic carbocycles. The summed E-state index contributed by atoms with van der Waals surface area (Å²) in [4.78, 5) is 85.0. The first-order valence-electron chi connectivity index (χ1n) is 48.6. The first-order valence-corrected chi connectivity index (χ1v) is 48.6. The number of ether oxygens (including phenoxy) is 4. The Kier molecular flexibility index (Phi) is 75.0. The number of esters is 4. The summed E-state index contributed by atoms with van der Waals surface area (Å²) in [7, 11) is 0. The van der Waals surface area contributed by atoms with E-state index in [0.29, 0.717) is 45.8 Å². The zero-order valence-corrected chi connectivity index (χ0v) is 76.4. The predicted octanol–water partition coefficient (Wildman–Crippen LogP) is 27.1. The molecule has 112 heavy (non-hydrogen) atoms. The van der Waals surface area contributed by atoms with Crippen molar-refractivity contribution in [1.82, 2.24) is 20.4 Å². The highest BCUT2D eigenvalue weighted by molar-refractivity contribution is 5.96. The van der Waals surface area contributed by atoms with Gasteiger partial charge in [-0.2, -0.15) is 0 Å². The predicted molar refractivity (Wildman–Crippen MR) is 476 cm³/mol. The maximum Gasteiger partial charge on any atom is 0.311 e. The Labute approximate surface area is 693 Å². The third kappa shape index (κ3) is 68.5. The van der Waals surface area contributed by atoms with Crippen LogP contribution in [0.3, 0.4) is 0 Å². The average molecular weight is 1580 g/mol. The highest BCUT2D eigenvalue weighted by atomic mass is 16.6. The zero-order chi connectivity index (χ0) is 82.5. The fourth-order valence-corrected chi connectivity index (χ4v) is 15.4. The summed E-state index contributed by atoms with van der Waals surface area (Å²) in [5.74, 6) is -0.909. The van der Waals surface area contributed by atoms with Gasteiger partial charge >= 0.3 is 23.9 Å². The second kappa shape index (κ2) is 77.4. The Morgan fingerprint density at radius 3 is 0.839 bits per heavy atom. The van der Waals surface area contributed by atoms with Crippen molar-refractivity contribution in [3.8, 4) is 0 Å². The molecule has 2 N–H and O–H groups in total. The summed E-state index contributed by atoms with van der Waals surface area (Å²) in [5.41, 5.74) is -1.66. The lowest BCUT2D eigenvalue weighted by Gasteiger charge is -2.27. The lowest BCUT2D eigenvalue weighted by Crippen LogP contribution is -2.36. The van der Waals surface area contributed by atoms with E-state index in [0.717, 1.165) is 206 Å². The van der Waals surface area contributed by atoms with Gasteiger partial charge in [0.2, 0.25) is 11.8 Å². The molecule has 0 radical (unpaired) electrons. The van der Waals surface area contributed by atoms with Crippen molar-refractivity contribution in [2.45, 2.75) is 500 Å². The third-order valence-corrected chi connectivity index (χ3v) is 23.5. The first kappa shape index (κ1) is 108. The van der Waals surface area contributed by atoms with Crippen LogP contribution in [0.1, 0.15) is 488 Å². The zero-order valence-electron chi connectivity index (χ0n) is 76.4. The van der Waals surface area contributed by atoms with Crippen molar-refractivity contribution in [2.75, 3.05) is 65.6 Å². The summed E-state index contributed by atoms with van der Waals surface area (Å²) < 4.78 is 24.2. The van der Waals surface area contributed by atoms with E-state index in [4.69, 9.17) is 18.9 Å². The number of carbonyl (C=O) groups is 6. The molecule has 0 bridgehead atoms. The molecule has 0 aromatic rings. The van der Waals surface area contributed by atoms with Gasteiger partial charge in [0.25, 0.3) is 0 Å². The molecule has 2 amide bonds. The molecule has 0 aliphatic heterocycles. The topological polar surface area (TPSA) is 170 Å². The Hall–Kier alpha value is -3.52. The molecule has 0 spiro atoms. The number of nitrogens with zero attached hydrogens (tertiary/aromatic N) is 2. The minimum atomic E-state index is -0.562. The number of hydrogen-bond donors (Lipinski definition) is 2. The molecule has 0 aliphatic rings. The van der Waals surface area contributed by atoms with Gasteiger partial charge in [0, 0.05) is 44.8 Å². The summed E-state index contributed by atoms with van der Waals surface area (Å²) in [6, 6.07) is 0. The fourth-order valence-electron chi connectivity index (χ4n) is 15.4. The van der Waals surface area contributed by atoms with Crippen molar-refractivity contribution in [1.29, 1.82) is 0 Å². The molecule has 0 atom stereocenters. The Bertz CT molecular complexity index is 2170. The van der Waals surface area contributed by atoms with Crippen LogP contribution >= 0.6 is 0 Å². The Morgan fingerprint density at radius 2 is 0.518 bits per heavy atom. The second-order valence-corrected chi connectivity index (χ2v) is 36.1. The number of amides is 2. The largest absolute Gasteiger partial charge is 0.465 e. The van der Waals surface area contributed by atoms with Gasteiger partial charge in [-0.25, -0.2) is 0 Å². The Balaban J connectivity index is 5.81. The number of rotatable bonds is 86. The minimum Gasteiger partial charge on any atom is -0.465 e. The third-order valence-electron chi connectivity index (χ3n) is 23.5. The van der Waals surface area contributed by atoms with E-state index < -0.39 is 16.2 Å². The molecule has 0 aromatic heterocycles. The molecule has 0 rings (SSSR count). The summed E-state index contributed by atoms with van der Waals surface area (Å²) in [6.45, 7) is 32.4. The van der Waals surface area contributed by atoms with Gasteiger partial charge in [-0.05, 0) is 183 Å². The highest BCUT2D eigenvalue weighted by Gasteiger charge is 2.32. The van der Waals surface area contributed by atoms with E-state index in [1.165, 1.54) is 230 Å². The monoisotopic (exact) mass is 1580 g/mol. The van der Waals surface area contributed by atoms with E-state index in [9.17, 15) is 28.8 Å². The van der Waals surface area contributed by atoms with Gasteiger partial charge in [-0.1, -0.05) is 324 Å². The van der Waals surface area contributed by atoms with E-state index in [1.54, 1.807) is 0 Å². The van der Waals surface area contributed by atoms with E-state index >= 15 is 0 Å². The fraction of sp³-hybridized carbons (Fsp3) is 0.918. The van der Waals surface area contributed by atoms with Crippen molar-refractivity contribution in [2.24, 2.45) is 16.2 Å². The average Bonchev–Trinajstić information content (AvgIpc) is 0.890. The van der Waals surface area contributed by atoms with Crippen LogP contribution in [0, 0.1) is 16.2 Å². The molecule has 0 heterocycles. The molecule has 660 valence electrons. The van der Waals surface area contributed by atoms with Gasteiger partial charge in [0.15, 0.2) is 0 Å². The molecule has 0 unspecified atom stereocenters. The van der Waals surface area contributed by atoms with Gasteiger partial charge < -0.3 is 39.4 Å². The number of nitrogens with one attached hydrogen (secondary N) is 2. The molecule has 0 saturated carbocycles. The molecule has 0 saturated heterocycles. The van der Waals surface area contributed by atoms with Crippen LogP contribution < -0.4 is 10.6 Å². The van der Waals surface area contributed by atoms with Crippen LogP contribution in [0.15, 0.2) is 12.2 Å². The quantitative estimate of drug-likeness (QED) is 0.0256. The molecular formula is C98H188N4O10. The van der Waals surface area contributed by atoms with E-state index in [2.05, 4.69) is 75.8 Å². The van der Waals surface area contributed by atoms with Gasteiger partial charge in [-0.3, -0.25) is 28.8 Å². The van der Waals surface area contributed by atoms with E-state index in [-0.39, 0.29) is 47.9 Å². The number of carbonyl (C=O) groups excluding carboxylic acids is 6. The Morgan fingerprint density at radius 1 is 0.277 bits per heavy atom. The van der Waals surface area contributed by atoms with Gasteiger partial charge in [-0.15, -0.1) is 0 Å². The summed E-state index contributed by atoms with van der Waals surface area (Å²) in [5, 5.41) is 6.10. The SMILES string of the molecule is CCCCCCCCCCCOC(=O)C(C)(C)CCCCN(CCCCCCCC(=O)OC(CCCCCCCC)CCCCCCCC)CCNC(=O)/C=C/C(=O)NCCN(CCCCCCC(C)(C)C(=O)OC(CCCCCCCC)CCCCCCCC)CCCCC(C)(C)C(=O)OCCCCCCCCCCC. The lowest BCUT2D eigenvalue weighted by molar-refractivity contribution is -0.161. The van der Waals surface area contributed by atoms with Crippen molar-refractivity contribution >= 4 is 35.7 Å². The minimum absolute atomic E-state index is 0.0103. The smallest absolute Gasteiger partial charge is 0.311 e. The van der Waals surface area contributed by atoms with Crippen LogP contribution in [-0.2, 0) is 47.7 Å². The summed E-state index contributed by atoms with van der Waals surface area (Å²) in [6.07, 6.45) is 73.9. The molecular weight excluding hydrogens is 1390 g/mol.